The molecule has 2 rings (SSSR count). The van der Waals surface area contributed by atoms with Crippen LogP contribution in [0.2, 0.25) is 0 Å². The van der Waals surface area contributed by atoms with Crippen molar-refractivity contribution in [2.75, 3.05) is 6.61 Å². The number of rotatable bonds is 3. The number of aromatic nitrogens is 2. The summed E-state index contributed by atoms with van der Waals surface area (Å²) in [7, 11) is 0. The van der Waals surface area contributed by atoms with Crippen LogP contribution in [0.3, 0.4) is 0 Å². The van der Waals surface area contributed by atoms with Crippen LogP contribution >= 0.6 is 15.9 Å². The van der Waals surface area contributed by atoms with Gasteiger partial charge in [-0.3, -0.25) is 14.3 Å². The Kier molecular flexibility index (Phi) is 4.35. The number of aliphatic hydroxyl groups excluding tert-OH is 2. The summed E-state index contributed by atoms with van der Waals surface area (Å²) in [6.45, 7) is -0.334. The summed E-state index contributed by atoms with van der Waals surface area (Å²) in [6.07, 6.45) is -0.617. The average Bonchev–Trinajstić information content (AvgIpc) is 2.69. The molecule has 0 spiro atoms. The Morgan fingerprint density at radius 1 is 1.58 bits per heavy atom. The molecule has 0 radical (unpaired) electrons. The van der Waals surface area contributed by atoms with Crippen molar-refractivity contribution in [3.63, 3.8) is 0 Å². The minimum atomic E-state index is -0.852. The van der Waals surface area contributed by atoms with E-state index in [4.69, 9.17) is 9.84 Å². The van der Waals surface area contributed by atoms with E-state index < -0.39 is 29.7 Å². The second-order valence-corrected chi connectivity index (χ2v) is 4.67. The fraction of sp³-hybridized carbons (Fsp3) is 0.455. The second kappa shape index (κ2) is 5.83. The Balaban J connectivity index is 2.45. The molecule has 7 nitrogen and oxygen atoms in total. The molecule has 0 aliphatic carbocycles. The van der Waals surface area contributed by atoms with Gasteiger partial charge in [0.05, 0.1) is 18.4 Å². The summed E-state index contributed by atoms with van der Waals surface area (Å²) in [5.74, 6) is 0. The molecule has 0 bridgehead atoms. The van der Waals surface area contributed by atoms with Crippen LogP contribution in [0.1, 0.15) is 18.3 Å². The van der Waals surface area contributed by atoms with Gasteiger partial charge in [-0.15, -0.1) is 0 Å². The van der Waals surface area contributed by atoms with E-state index in [0.717, 1.165) is 0 Å². The third-order valence-electron chi connectivity index (χ3n) is 2.91. The lowest BCUT2D eigenvalue weighted by Gasteiger charge is -2.16. The van der Waals surface area contributed by atoms with Crippen molar-refractivity contribution in [1.82, 2.24) is 9.55 Å². The normalized spacial score (nSPS) is 27.2. The van der Waals surface area contributed by atoms with Crippen LogP contribution in [-0.2, 0) is 4.74 Å². The molecular formula is C11H13BrN2O5. The number of nitrogens with one attached hydrogen (secondary N) is 1. The number of nitrogens with zero attached hydrogens (tertiary/aromatic N) is 1. The fourth-order valence-electron chi connectivity index (χ4n) is 2.05. The highest BCUT2D eigenvalue weighted by Crippen LogP contribution is 2.28. The largest absolute Gasteiger partial charge is 0.394 e. The second-order valence-electron chi connectivity index (χ2n) is 4.14. The van der Waals surface area contributed by atoms with Crippen molar-refractivity contribution in [3.05, 3.63) is 37.6 Å². The summed E-state index contributed by atoms with van der Waals surface area (Å²) in [5, 5.41) is 18.7. The number of aromatic amines is 1. The van der Waals surface area contributed by atoms with Crippen LogP contribution in [0.5, 0.6) is 0 Å². The van der Waals surface area contributed by atoms with Gasteiger partial charge in [0.1, 0.15) is 12.3 Å². The van der Waals surface area contributed by atoms with Gasteiger partial charge in [0, 0.05) is 12.5 Å². The molecule has 2 heterocycles. The number of H-pyrrole nitrogens is 1. The zero-order valence-corrected chi connectivity index (χ0v) is 11.4. The third kappa shape index (κ3) is 2.86. The van der Waals surface area contributed by atoms with E-state index in [9.17, 15) is 14.7 Å². The molecule has 0 aromatic carbocycles. The Morgan fingerprint density at radius 3 is 2.89 bits per heavy atom. The quantitative estimate of drug-likeness (QED) is 0.695. The monoisotopic (exact) mass is 332 g/mol. The highest BCUT2D eigenvalue weighted by atomic mass is 79.9. The van der Waals surface area contributed by atoms with E-state index in [-0.39, 0.29) is 13.0 Å². The molecular weight excluding hydrogens is 320 g/mol. The van der Waals surface area contributed by atoms with Gasteiger partial charge >= 0.3 is 5.69 Å². The molecule has 19 heavy (non-hydrogen) atoms. The molecule has 0 amide bonds. The topological polar surface area (TPSA) is 105 Å². The Hall–Kier alpha value is -1.22. The smallest absolute Gasteiger partial charge is 0.330 e. The van der Waals surface area contributed by atoms with Gasteiger partial charge in [0.25, 0.3) is 5.56 Å². The van der Waals surface area contributed by atoms with Crippen LogP contribution in [-0.4, -0.2) is 38.6 Å². The summed E-state index contributed by atoms with van der Waals surface area (Å²) < 4.78 is 6.64. The summed E-state index contributed by atoms with van der Waals surface area (Å²) in [6, 6.07) is 1.25. The SMILES string of the molecule is O=c1cc(/C=C/Br)n([C@H]2C[C@H](O)[C@@H](CO)O2)c(=O)[nH]1. The summed E-state index contributed by atoms with van der Waals surface area (Å²) in [4.78, 5) is 26.8. The first kappa shape index (κ1) is 14.2. The molecule has 104 valence electrons. The number of ether oxygens (including phenoxy) is 1. The molecule has 1 aromatic rings. The van der Waals surface area contributed by atoms with Gasteiger partial charge in [-0.2, -0.15) is 0 Å². The first-order valence-corrected chi connectivity index (χ1v) is 6.55. The maximum atomic E-state index is 11.9. The first-order chi connectivity index (χ1) is 9.06. The molecule has 1 fully saturated rings. The van der Waals surface area contributed by atoms with E-state index >= 15 is 0 Å². The molecule has 3 atom stereocenters. The predicted octanol–water partition coefficient (Wildman–Crippen LogP) is -0.457. The Bertz CT molecular complexity index is 593. The third-order valence-corrected chi connectivity index (χ3v) is 3.18. The zero-order valence-electron chi connectivity index (χ0n) is 9.82. The van der Waals surface area contributed by atoms with Crippen molar-refractivity contribution in [1.29, 1.82) is 0 Å². The van der Waals surface area contributed by atoms with Gasteiger partial charge < -0.3 is 14.9 Å². The molecule has 8 heteroatoms. The minimum Gasteiger partial charge on any atom is -0.394 e. The lowest BCUT2D eigenvalue weighted by Crippen LogP contribution is -2.34. The van der Waals surface area contributed by atoms with E-state index in [1.165, 1.54) is 21.7 Å². The van der Waals surface area contributed by atoms with Gasteiger partial charge in [-0.05, 0) is 11.1 Å². The van der Waals surface area contributed by atoms with Crippen molar-refractivity contribution in [2.45, 2.75) is 24.9 Å². The number of aliphatic hydroxyl groups is 2. The van der Waals surface area contributed by atoms with Crippen molar-refractivity contribution in [3.8, 4) is 0 Å². The summed E-state index contributed by atoms with van der Waals surface area (Å²) >= 11 is 3.08. The van der Waals surface area contributed by atoms with Crippen molar-refractivity contribution in [2.24, 2.45) is 0 Å². The zero-order chi connectivity index (χ0) is 14.0. The van der Waals surface area contributed by atoms with E-state index in [2.05, 4.69) is 20.9 Å². The summed E-state index contributed by atoms with van der Waals surface area (Å²) in [5.41, 5.74) is -0.788. The fourth-order valence-corrected chi connectivity index (χ4v) is 2.32. The van der Waals surface area contributed by atoms with Crippen LogP contribution < -0.4 is 11.2 Å². The molecule has 0 saturated carbocycles. The lowest BCUT2D eigenvalue weighted by atomic mass is 10.2. The molecule has 1 aliphatic rings. The van der Waals surface area contributed by atoms with Crippen LogP contribution in [0.25, 0.3) is 6.08 Å². The number of halogens is 1. The van der Waals surface area contributed by atoms with Crippen molar-refractivity contribution >= 4 is 22.0 Å². The average molecular weight is 333 g/mol. The standard InChI is InChI=1S/C11H13BrN2O5/c12-2-1-6-3-9(17)13-11(18)14(6)10-4-7(16)8(5-15)19-10/h1-3,7-8,10,15-16H,4-5H2,(H,13,17,18)/b2-1+/t7-,8+,10+/m0/s1. The van der Waals surface area contributed by atoms with Crippen LogP contribution in [0.4, 0.5) is 0 Å². The highest BCUT2D eigenvalue weighted by molar-refractivity contribution is 9.11. The highest BCUT2D eigenvalue weighted by Gasteiger charge is 2.35. The molecule has 0 unspecified atom stereocenters. The maximum absolute atomic E-state index is 11.9. The van der Waals surface area contributed by atoms with Crippen LogP contribution in [0.15, 0.2) is 20.6 Å². The minimum absolute atomic E-state index is 0.167. The Morgan fingerprint density at radius 2 is 2.32 bits per heavy atom. The maximum Gasteiger partial charge on any atom is 0.330 e. The van der Waals surface area contributed by atoms with E-state index in [1.807, 2.05) is 0 Å². The number of hydrogen-bond donors (Lipinski definition) is 3. The van der Waals surface area contributed by atoms with E-state index in [1.54, 1.807) is 0 Å². The van der Waals surface area contributed by atoms with Crippen LogP contribution in [0, 0.1) is 0 Å². The molecule has 3 N–H and O–H groups in total. The van der Waals surface area contributed by atoms with Gasteiger partial charge in [-0.1, -0.05) is 15.9 Å². The van der Waals surface area contributed by atoms with Gasteiger partial charge in [0.2, 0.25) is 0 Å². The van der Waals surface area contributed by atoms with E-state index in [0.29, 0.717) is 5.69 Å². The van der Waals surface area contributed by atoms with Gasteiger partial charge in [-0.25, -0.2) is 4.79 Å². The number of hydrogen-bond acceptors (Lipinski definition) is 5. The molecule has 1 aromatic heterocycles. The first-order valence-electron chi connectivity index (χ1n) is 5.64. The predicted molar refractivity (Wildman–Crippen MR) is 70.9 cm³/mol. The Labute approximate surface area is 116 Å². The molecule has 1 saturated heterocycles. The molecule has 1 aliphatic heterocycles. The lowest BCUT2D eigenvalue weighted by molar-refractivity contribution is -0.0461. The van der Waals surface area contributed by atoms with Crippen molar-refractivity contribution < 1.29 is 14.9 Å². The van der Waals surface area contributed by atoms with Gasteiger partial charge in [0.15, 0.2) is 0 Å².